The van der Waals surface area contributed by atoms with E-state index in [0.717, 1.165) is 19.1 Å². The Balaban J connectivity index is 2.19. The van der Waals surface area contributed by atoms with Gasteiger partial charge in [0.15, 0.2) is 0 Å². The Kier molecular flexibility index (Phi) is 2.69. The number of nitrogens with two attached hydrogens (primary N) is 1. The van der Waals surface area contributed by atoms with Gasteiger partial charge in [0.25, 0.3) is 0 Å². The Hall–Kier alpha value is -0.0800. The summed E-state index contributed by atoms with van der Waals surface area (Å²) in [5.74, 6) is 0. The molecule has 0 aromatic rings. The molecule has 0 bridgehead atoms. The van der Waals surface area contributed by atoms with Gasteiger partial charge < -0.3 is 5.73 Å². The Morgan fingerprint density at radius 1 is 1.60 bits per heavy atom. The highest BCUT2D eigenvalue weighted by atomic mass is 15.2. The lowest BCUT2D eigenvalue weighted by Crippen LogP contribution is -2.36. The van der Waals surface area contributed by atoms with E-state index >= 15 is 0 Å². The molecule has 1 aliphatic rings. The number of hydrogen-bond donors (Lipinski definition) is 1. The monoisotopic (exact) mass is 142 g/mol. The third-order valence-electron chi connectivity index (χ3n) is 1.99. The van der Waals surface area contributed by atoms with E-state index in [4.69, 9.17) is 5.73 Å². The minimum Gasteiger partial charge on any atom is -0.327 e. The second-order valence-electron chi connectivity index (χ2n) is 3.30. The molecule has 0 amide bonds. The summed E-state index contributed by atoms with van der Waals surface area (Å²) in [6, 6.07) is 1.21. The van der Waals surface area contributed by atoms with Crippen LogP contribution in [0.25, 0.3) is 0 Å². The summed E-state index contributed by atoms with van der Waals surface area (Å²) in [5, 5.41) is 0. The molecule has 0 aliphatic heterocycles. The first kappa shape index (κ1) is 8.02. The summed E-state index contributed by atoms with van der Waals surface area (Å²) < 4.78 is 0. The molecule has 0 aromatic heterocycles. The maximum Gasteiger partial charge on any atom is 0.0139 e. The third kappa shape index (κ3) is 2.27. The lowest BCUT2D eigenvalue weighted by Gasteiger charge is -2.21. The average Bonchev–Trinajstić information content (AvgIpc) is 2.63. The fraction of sp³-hybridized carbons (Fsp3) is 1.00. The summed E-state index contributed by atoms with van der Waals surface area (Å²) in [4.78, 5) is 2.48. The van der Waals surface area contributed by atoms with Crippen LogP contribution in [0.3, 0.4) is 0 Å². The van der Waals surface area contributed by atoms with Crippen molar-refractivity contribution in [3.8, 4) is 0 Å². The van der Waals surface area contributed by atoms with Gasteiger partial charge in [-0.25, -0.2) is 0 Å². The Bertz CT molecular complexity index is 97.4. The molecule has 60 valence electrons. The molecule has 0 heterocycles. The van der Waals surface area contributed by atoms with Crippen LogP contribution in [0, 0.1) is 0 Å². The van der Waals surface area contributed by atoms with Gasteiger partial charge in [-0.1, -0.05) is 6.92 Å². The number of likely N-dealkylation sites (N-methyl/N-ethyl adjacent to an activating group) is 1. The standard InChI is InChI=1S/C8H18N2/c1-3-10(6-7(2)9)8-4-5-8/h7-8H,3-6,9H2,1-2H3/t7-/m0/s1. The topological polar surface area (TPSA) is 29.3 Å². The first-order valence-corrected chi connectivity index (χ1v) is 4.23. The van der Waals surface area contributed by atoms with E-state index in [2.05, 4.69) is 18.7 Å². The van der Waals surface area contributed by atoms with Crippen LogP contribution in [0.4, 0.5) is 0 Å². The van der Waals surface area contributed by atoms with Crippen molar-refractivity contribution in [1.29, 1.82) is 0 Å². The molecule has 0 spiro atoms. The van der Waals surface area contributed by atoms with Gasteiger partial charge in [0.2, 0.25) is 0 Å². The van der Waals surface area contributed by atoms with Gasteiger partial charge in [-0.05, 0) is 26.3 Å². The predicted octanol–water partition coefficient (Wildman–Crippen LogP) is 0.818. The number of nitrogens with zero attached hydrogens (tertiary/aromatic N) is 1. The first-order chi connectivity index (χ1) is 4.74. The molecule has 1 aliphatic carbocycles. The van der Waals surface area contributed by atoms with Crippen molar-refractivity contribution in [1.82, 2.24) is 4.90 Å². The van der Waals surface area contributed by atoms with Gasteiger partial charge >= 0.3 is 0 Å². The third-order valence-corrected chi connectivity index (χ3v) is 1.99. The fourth-order valence-corrected chi connectivity index (χ4v) is 1.35. The molecular weight excluding hydrogens is 124 g/mol. The molecule has 2 nitrogen and oxygen atoms in total. The van der Waals surface area contributed by atoms with Crippen LogP contribution in [0.5, 0.6) is 0 Å². The molecule has 1 rings (SSSR count). The van der Waals surface area contributed by atoms with Gasteiger partial charge in [-0.3, -0.25) is 4.90 Å². The summed E-state index contributed by atoms with van der Waals surface area (Å²) in [6.45, 7) is 6.51. The van der Waals surface area contributed by atoms with E-state index in [-0.39, 0.29) is 0 Å². The van der Waals surface area contributed by atoms with Crippen molar-refractivity contribution in [3.63, 3.8) is 0 Å². The Labute approximate surface area is 63.4 Å². The van der Waals surface area contributed by atoms with Gasteiger partial charge in [0.05, 0.1) is 0 Å². The SMILES string of the molecule is CCN(C[C@H](C)N)C1CC1. The molecular formula is C8H18N2. The molecule has 0 aromatic carbocycles. The molecule has 1 saturated carbocycles. The van der Waals surface area contributed by atoms with Gasteiger partial charge in [0.1, 0.15) is 0 Å². The summed E-state index contributed by atoms with van der Waals surface area (Å²) in [6.07, 6.45) is 2.78. The highest BCUT2D eigenvalue weighted by Crippen LogP contribution is 2.26. The van der Waals surface area contributed by atoms with Crippen molar-refractivity contribution in [2.45, 2.75) is 38.8 Å². The fourth-order valence-electron chi connectivity index (χ4n) is 1.35. The van der Waals surface area contributed by atoms with E-state index in [1.54, 1.807) is 0 Å². The van der Waals surface area contributed by atoms with Crippen molar-refractivity contribution in [3.05, 3.63) is 0 Å². The quantitative estimate of drug-likeness (QED) is 0.629. The van der Waals surface area contributed by atoms with Crippen LogP contribution in [-0.4, -0.2) is 30.1 Å². The number of hydrogen-bond acceptors (Lipinski definition) is 2. The minimum atomic E-state index is 0.334. The highest BCUT2D eigenvalue weighted by molar-refractivity contribution is 4.84. The Morgan fingerprint density at radius 2 is 2.20 bits per heavy atom. The molecule has 10 heavy (non-hydrogen) atoms. The maximum atomic E-state index is 5.69. The van der Waals surface area contributed by atoms with Crippen molar-refractivity contribution >= 4 is 0 Å². The zero-order chi connectivity index (χ0) is 7.56. The second-order valence-corrected chi connectivity index (χ2v) is 3.30. The van der Waals surface area contributed by atoms with E-state index < -0.39 is 0 Å². The van der Waals surface area contributed by atoms with E-state index in [1.165, 1.54) is 12.8 Å². The lowest BCUT2D eigenvalue weighted by atomic mass is 10.3. The van der Waals surface area contributed by atoms with E-state index in [0.29, 0.717) is 6.04 Å². The van der Waals surface area contributed by atoms with E-state index in [9.17, 15) is 0 Å². The molecule has 0 unspecified atom stereocenters. The summed E-state index contributed by atoms with van der Waals surface area (Å²) in [5.41, 5.74) is 5.69. The first-order valence-electron chi connectivity index (χ1n) is 4.23. The zero-order valence-corrected chi connectivity index (χ0v) is 7.01. The van der Waals surface area contributed by atoms with Gasteiger partial charge in [-0.15, -0.1) is 0 Å². The number of rotatable bonds is 4. The van der Waals surface area contributed by atoms with Crippen molar-refractivity contribution in [2.75, 3.05) is 13.1 Å². The van der Waals surface area contributed by atoms with Gasteiger partial charge in [0, 0.05) is 18.6 Å². The van der Waals surface area contributed by atoms with Gasteiger partial charge in [-0.2, -0.15) is 0 Å². The van der Waals surface area contributed by atoms with Crippen LogP contribution in [-0.2, 0) is 0 Å². The average molecular weight is 142 g/mol. The zero-order valence-electron chi connectivity index (χ0n) is 7.01. The van der Waals surface area contributed by atoms with Crippen molar-refractivity contribution in [2.24, 2.45) is 5.73 Å². The highest BCUT2D eigenvalue weighted by Gasteiger charge is 2.27. The normalized spacial score (nSPS) is 21.6. The maximum absolute atomic E-state index is 5.69. The van der Waals surface area contributed by atoms with E-state index in [1.807, 2.05) is 0 Å². The van der Waals surface area contributed by atoms with Crippen LogP contribution >= 0.6 is 0 Å². The van der Waals surface area contributed by atoms with Crippen LogP contribution in [0.1, 0.15) is 26.7 Å². The molecule has 2 heteroatoms. The molecule has 1 fully saturated rings. The lowest BCUT2D eigenvalue weighted by molar-refractivity contribution is 0.264. The molecule has 0 saturated heterocycles. The molecule has 0 radical (unpaired) electrons. The Morgan fingerprint density at radius 3 is 2.50 bits per heavy atom. The summed E-state index contributed by atoms with van der Waals surface area (Å²) >= 11 is 0. The molecule has 2 N–H and O–H groups in total. The predicted molar refractivity (Wildman–Crippen MR) is 43.9 cm³/mol. The minimum absolute atomic E-state index is 0.334. The van der Waals surface area contributed by atoms with Crippen molar-refractivity contribution < 1.29 is 0 Å². The van der Waals surface area contributed by atoms with Crippen LogP contribution in [0.2, 0.25) is 0 Å². The second kappa shape index (κ2) is 3.35. The van der Waals surface area contributed by atoms with Crippen LogP contribution in [0.15, 0.2) is 0 Å². The largest absolute Gasteiger partial charge is 0.327 e. The van der Waals surface area contributed by atoms with Crippen LogP contribution < -0.4 is 5.73 Å². The smallest absolute Gasteiger partial charge is 0.0139 e. The summed E-state index contributed by atoms with van der Waals surface area (Å²) in [7, 11) is 0. The molecule has 1 atom stereocenters.